The van der Waals surface area contributed by atoms with Crippen LogP contribution in [0.25, 0.3) is 0 Å². The molecule has 0 aliphatic rings. The molecule has 0 unspecified atom stereocenters. The summed E-state index contributed by atoms with van der Waals surface area (Å²) in [7, 11) is 1.63. The van der Waals surface area contributed by atoms with E-state index in [1.165, 1.54) is 0 Å². The van der Waals surface area contributed by atoms with Crippen molar-refractivity contribution in [3.63, 3.8) is 0 Å². The van der Waals surface area contributed by atoms with E-state index in [9.17, 15) is 4.79 Å². The monoisotopic (exact) mass is 231 g/mol. The van der Waals surface area contributed by atoms with E-state index in [1.54, 1.807) is 24.1 Å². The van der Waals surface area contributed by atoms with Gasteiger partial charge < -0.3 is 10.5 Å². The predicted molar refractivity (Wildman–Crippen MR) is 62.8 cm³/mol. The van der Waals surface area contributed by atoms with E-state index in [-0.39, 0.29) is 5.69 Å². The molecule has 0 atom stereocenters. The highest BCUT2D eigenvalue weighted by molar-refractivity contribution is 5.90. The quantitative estimate of drug-likeness (QED) is 0.854. The number of methoxy groups -OCH3 is 1. The van der Waals surface area contributed by atoms with E-state index in [4.69, 9.17) is 10.5 Å². The molecule has 2 rings (SSSR count). The number of amides is 1. The molecule has 0 fully saturated rings. The minimum atomic E-state index is -0.515. The molecule has 1 heterocycles. The van der Waals surface area contributed by atoms with Gasteiger partial charge in [-0.1, -0.05) is 12.1 Å². The van der Waals surface area contributed by atoms with Gasteiger partial charge in [0.25, 0.3) is 5.91 Å². The molecule has 0 saturated carbocycles. The van der Waals surface area contributed by atoms with Crippen molar-refractivity contribution < 1.29 is 9.53 Å². The lowest BCUT2D eigenvalue weighted by atomic mass is 10.2. The van der Waals surface area contributed by atoms with E-state index < -0.39 is 5.91 Å². The fraction of sp³-hybridized carbons (Fsp3) is 0.167. The lowest BCUT2D eigenvalue weighted by Crippen LogP contribution is -2.12. The van der Waals surface area contributed by atoms with Crippen molar-refractivity contribution >= 4 is 5.91 Å². The van der Waals surface area contributed by atoms with Crippen molar-refractivity contribution in [1.82, 2.24) is 9.78 Å². The molecule has 0 radical (unpaired) electrons. The van der Waals surface area contributed by atoms with Gasteiger partial charge >= 0.3 is 0 Å². The van der Waals surface area contributed by atoms with E-state index in [0.29, 0.717) is 6.54 Å². The maximum Gasteiger partial charge on any atom is 0.269 e. The zero-order valence-corrected chi connectivity index (χ0v) is 9.46. The Balaban J connectivity index is 2.11. The SMILES string of the molecule is COc1ccc(Cn2ccc(C(N)=O)n2)cc1. The molecule has 0 bridgehead atoms. The summed E-state index contributed by atoms with van der Waals surface area (Å²) >= 11 is 0. The molecule has 2 aromatic rings. The highest BCUT2D eigenvalue weighted by Crippen LogP contribution is 2.12. The Morgan fingerprint density at radius 3 is 2.59 bits per heavy atom. The molecular weight excluding hydrogens is 218 g/mol. The van der Waals surface area contributed by atoms with Gasteiger partial charge in [-0.05, 0) is 23.8 Å². The third-order valence-electron chi connectivity index (χ3n) is 2.40. The minimum absolute atomic E-state index is 0.276. The zero-order chi connectivity index (χ0) is 12.3. The molecule has 17 heavy (non-hydrogen) atoms. The van der Waals surface area contributed by atoms with Crippen molar-refractivity contribution in [3.8, 4) is 5.75 Å². The molecule has 5 nitrogen and oxygen atoms in total. The first kappa shape index (κ1) is 11.2. The maximum atomic E-state index is 10.9. The summed E-state index contributed by atoms with van der Waals surface area (Å²) in [6, 6.07) is 9.27. The summed E-state index contributed by atoms with van der Waals surface area (Å²) in [5, 5.41) is 4.06. The number of primary amides is 1. The molecule has 0 spiro atoms. The van der Waals surface area contributed by atoms with Crippen LogP contribution in [0.2, 0.25) is 0 Å². The van der Waals surface area contributed by atoms with Crippen LogP contribution in [-0.2, 0) is 6.54 Å². The Morgan fingerprint density at radius 1 is 1.35 bits per heavy atom. The lowest BCUT2D eigenvalue weighted by molar-refractivity contribution is 0.0995. The van der Waals surface area contributed by atoms with Crippen molar-refractivity contribution in [3.05, 3.63) is 47.8 Å². The van der Waals surface area contributed by atoms with Crippen LogP contribution >= 0.6 is 0 Å². The summed E-state index contributed by atoms with van der Waals surface area (Å²) in [5.41, 5.74) is 6.48. The summed E-state index contributed by atoms with van der Waals surface area (Å²) in [6.07, 6.45) is 1.73. The molecule has 2 N–H and O–H groups in total. The number of aromatic nitrogens is 2. The molecular formula is C12H13N3O2. The topological polar surface area (TPSA) is 70.1 Å². The standard InChI is InChI=1S/C12H13N3O2/c1-17-10-4-2-9(3-5-10)8-15-7-6-11(14-15)12(13)16/h2-7H,8H2,1H3,(H2,13,16). The van der Waals surface area contributed by atoms with Gasteiger partial charge in [-0.2, -0.15) is 5.10 Å². The van der Waals surface area contributed by atoms with Crippen LogP contribution in [0.4, 0.5) is 0 Å². The van der Waals surface area contributed by atoms with Crippen molar-refractivity contribution in [1.29, 1.82) is 0 Å². The second-order valence-electron chi connectivity index (χ2n) is 3.61. The average Bonchev–Trinajstić information content (AvgIpc) is 2.79. The normalized spacial score (nSPS) is 10.2. The van der Waals surface area contributed by atoms with Gasteiger partial charge in [-0.15, -0.1) is 0 Å². The van der Waals surface area contributed by atoms with Gasteiger partial charge in [0.1, 0.15) is 11.4 Å². The first-order chi connectivity index (χ1) is 8.19. The first-order valence-corrected chi connectivity index (χ1v) is 5.15. The molecule has 1 aromatic heterocycles. The van der Waals surface area contributed by atoms with Crippen LogP contribution in [0, 0.1) is 0 Å². The summed E-state index contributed by atoms with van der Waals surface area (Å²) < 4.78 is 6.74. The minimum Gasteiger partial charge on any atom is -0.497 e. The van der Waals surface area contributed by atoms with Crippen LogP contribution in [-0.4, -0.2) is 22.8 Å². The Hall–Kier alpha value is -2.30. The van der Waals surface area contributed by atoms with Gasteiger partial charge in [0.15, 0.2) is 0 Å². The average molecular weight is 231 g/mol. The molecule has 1 aromatic carbocycles. The van der Waals surface area contributed by atoms with E-state index in [1.807, 2.05) is 24.3 Å². The third kappa shape index (κ3) is 2.63. The number of rotatable bonds is 4. The Bertz CT molecular complexity index is 517. The summed E-state index contributed by atoms with van der Waals surface area (Å²) in [5.74, 6) is 0.297. The van der Waals surface area contributed by atoms with Gasteiger partial charge in [0.05, 0.1) is 13.7 Å². The second kappa shape index (κ2) is 4.69. The van der Waals surface area contributed by atoms with Gasteiger partial charge in [0.2, 0.25) is 0 Å². The smallest absolute Gasteiger partial charge is 0.269 e. The molecule has 0 aliphatic heterocycles. The lowest BCUT2D eigenvalue weighted by Gasteiger charge is -2.03. The van der Waals surface area contributed by atoms with E-state index in [2.05, 4.69) is 5.10 Å². The number of hydrogen-bond donors (Lipinski definition) is 1. The van der Waals surface area contributed by atoms with Gasteiger partial charge in [-0.25, -0.2) is 0 Å². The molecule has 88 valence electrons. The van der Waals surface area contributed by atoms with Gasteiger partial charge in [0, 0.05) is 6.20 Å². The third-order valence-corrected chi connectivity index (χ3v) is 2.40. The highest BCUT2D eigenvalue weighted by Gasteiger charge is 2.04. The number of carbonyl (C=O) groups is 1. The number of carbonyl (C=O) groups excluding carboxylic acids is 1. The van der Waals surface area contributed by atoms with E-state index in [0.717, 1.165) is 11.3 Å². The Morgan fingerprint density at radius 2 is 2.06 bits per heavy atom. The second-order valence-corrected chi connectivity index (χ2v) is 3.61. The van der Waals surface area contributed by atoms with Crippen molar-refractivity contribution in [2.45, 2.75) is 6.54 Å². The van der Waals surface area contributed by atoms with Gasteiger partial charge in [-0.3, -0.25) is 9.48 Å². The Labute approximate surface area is 98.8 Å². The van der Waals surface area contributed by atoms with E-state index >= 15 is 0 Å². The molecule has 0 saturated heterocycles. The maximum absolute atomic E-state index is 10.9. The fourth-order valence-electron chi connectivity index (χ4n) is 1.50. The number of hydrogen-bond acceptors (Lipinski definition) is 3. The fourth-order valence-corrected chi connectivity index (χ4v) is 1.50. The van der Waals surface area contributed by atoms with Crippen LogP contribution in [0.1, 0.15) is 16.1 Å². The number of nitrogens with zero attached hydrogens (tertiary/aromatic N) is 2. The van der Waals surface area contributed by atoms with Crippen LogP contribution < -0.4 is 10.5 Å². The molecule has 1 amide bonds. The van der Waals surface area contributed by atoms with Crippen LogP contribution in [0.5, 0.6) is 5.75 Å². The number of ether oxygens (including phenoxy) is 1. The Kier molecular flexibility index (Phi) is 3.09. The summed E-state index contributed by atoms with van der Waals surface area (Å²) in [6.45, 7) is 0.595. The first-order valence-electron chi connectivity index (χ1n) is 5.15. The van der Waals surface area contributed by atoms with Crippen molar-refractivity contribution in [2.24, 2.45) is 5.73 Å². The largest absolute Gasteiger partial charge is 0.497 e. The summed E-state index contributed by atoms with van der Waals surface area (Å²) in [4.78, 5) is 10.9. The van der Waals surface area contributed by atoms with Crippen LogP contribution in [0.3, 0.4) is 0 Å². The predicted octanol–water partition coefficient (Wildman–Crippen LogP) is 1.04. The zero-order valence-electron chi connectivity index (χ0n) is 9.46. The molecule has 5 heteroatoms. The number of benzene rings is 1. The van der Waals surface area contributed by atoms with Crippen LogP contribution in [0.15, 0.2) is 36.5 Å². The van der Waals surface area contributed by atoms with Crippen molar-refractivity contribution in [2.75, 3.05) is 7.11 Å². The number of nitrogens with two attached hydrogens (primary N) is 1. The molecule has 0 aliphatic carbocycles. The highest BCUT2D eigenvalue weighted by atomic mass is 16.5.